The van der Waals surface area contributed by atoms with Crippen LogP contribution in [-0.2, 0) is 0 Å². The molecule has 0 aliphatic heterocycles. The summed E-state index contributed by atoms with van der Waals surface area (Å²) >= 11 is 1.95. The Kier molecular flexibility index (Phi) is 4.44. The van der Waals surface area contributed by atoms with Crippen molar-refractivity contribution in [2.24, 2.45) is 11.1 Å². The Balaban J connectivity index is 2.37. The van der Waals surface area contributed by atoms with E-state index in [2.05, 4.69) is 6.26 Å². The van der Waals surface area contributed by atoms with Crippen LogP contribution in [0.2, 0.25) is 0 Å². The Morgan fingerprint density at radius 2 is 1.92 bits per heavy atom. The van der Waals surface area contributed by atoms with E-state index in [0.717, 1.165) is 6.54 Å². The molecule has 0 aromatic heterocycles. The quantitative estimate of drug-likeness (QED) is 0.732. The van der Waals surface area contributed by atoms with Gasteiger partial charge in [0.2, 0.25) is 0 Å². The van der Waals surface area contributed by atoms with Crippen molar-refractivity contribution in [1.29, 1.82) is 0 Å². The third-order valence-electron chi connectivity index (χ3n) is 3.18. The Bertz CT molecular complexity index is 119. The van der Waals surface area contributed by atoms with E-state index in [1.807, 2.05) is 11.8 Å². The fraction of sp³-hybridized carbons (Fsp3) is 1.00. The molecule has 0 spiro atoms. The largest absolute Gasteiger partial charge is 0.330 e. The summed E-state index contributed by atoms with van der Waals surface area (Å²) < 4.78 is 0. The molecule has 12 heavy (non-hydrogen) atoms. The molecule has 1 fully saturated rings. The molecule has 0 unspecified atom stereocenters. The maximum Gasteiger partial charge on any atom is -0.00202 e. The van der Waals surface area contributed by atoms with Crippen molar-refractivity contribution in [3.05, 3.63) is 0 Å². The van der Waals surface area contributed by atoms with Crippen molar-refractivity contribution in [3.63, 3.8) is 0 Å². The van der Waals surface area contributed by atoms with Gasteiger partial charge in [-0.05, 0) is 43.2 Å². The SMILES string of the molecule is CSCCC1(CN)CCCCC1. The fourth-order valence-corrected chi connectivity index (χ4v) is 2.81. The average molecular weight is 187 g/mol. The highest BCUT2D eigenvalue weighted by molar-refractivity contribution is 7.98. The second-order valence-corrected chi connectivity index (χ2v) is 4.99. The molecule has 0 heterocycles. The van der Waals surface area contributed by atoms with E-state index in [1.165, 1.54) is 44.3 Å². The predicted octanol–water partition coefficient (Wildman–Crippen LogP) is 2.65. The lowest BCUT2D eigenvalue weighted by Gasteiger charge is -2.36. The van der Waals surface area contributed by atoms with Crippen molar-refractivity contribution in [3.8, 4) is 0 Å². The average Bonchev–Trinajstić information content (AvgIpc) is 2.16. The predicted molar refractivity (Wildman–Crippen MR) is 57.6 cm³/mol. The molecule has 2 heteroatoms. The first-order valence-corrected chi connectivity index (χ1v) is 6.41. The zero-order valence-corrected chi connectivity index (χ0v) is 8.96. The molecule has 0 radical (unpaired) electrons. The highest BCUT2D eigenvalue weighted by Gasteiger charge is 2.29. The number of rotatable bonds is 4. The Morgan fingerprint density at radius 1 is 1.25 bits per heavy atom. The van der Waals surface area contributed by atoms with Crippen LogP contribution in [0.4, 0.5) is 0 Å². The van der Waals surface area contributed by atoms with E-state index >= 15 is 0 Å². The summed E-state index contributed by atoms with van der Waals surface area (Å²) in [5.41, 5.74) is 6.40. The molecule has 0 aromatic rings. The van der Waals surface area contributed by atoms with Crippen LogP contribution < -0.4 is 5.73 Å². The molecule has 0 aromatic carbocycles. The van der Waals surface area contributed by atoms with Gasteiger partial charge < -0.3 is 5.73 Å². The van der Waals surface area contributed by atoms with Gasteiger partial charge in [-0.25, -0.2) is 0 Å². The molecule has 1 rings (SSSR count). The molecule has 0 bridgehead atoms. The van der Waals surface area contributed by atoms with Gasteiger partial charge in [0.05, 0.1) is 0 Å². The van der Waals surface area contributed by atoms with Crippen LogP contribution in [0, 0.1) is 5.41 Å². The van der Waals surface area contributed by atoms with E-state index in [-0.39, 0.29) is 0 Å². The molecule has 1 saturated carbocycles. The molecular weight excluding hydrogens is 166 g/mol. The third kappa shape index (κ3) is 2.67. The van der Waals surface area contributed by atoms with Gasteiger partial charge in [0.1, 0.15) is 0 Å². The minimum atomic E-state index is 0.529. The lowest BCUT2D eigenvalue weighted by atomic mass is 9.72. The van der Waals surface area contributed by atoms with E-state index in [9.17, 15) is 0 Å². The van der Waals surface area contributed by atoms with Crippen LogP contribution in [0.3, 0.4) is 0 Å². The molecular formula is C10H21NS. The highest BCUT2D eigenvalue weighted by atomic mass is 32.2. The summed E-state index contributed by atoms with van der Waals surface area (Å²) in [5.74, 6) is 1.29. The van der Waals surface area contributed by atoms with Gasteiger partial charge in [0.15, 0.2) is 0 Å². The van der Waals surface area contributed by atoms with Crippen molar-refractivity contribution in [2.45, 2.75) is 38.5 Å². The molecule has 1 aliphatic rings. The highest BCUT2D eigenvalue weighted by Crippen LogP contribution is 2.38. The monoisotopic (exact) mass is 187 g/mol. The van der Waals surface area contributed by atoms with Gasteiger partial charge in [-0.1, -0.05) is 19.3 Å². The van der Waals surface area contributed by atoms with E-state index in [1.54, 1.807) is 0 Å². The second kappa shape index (κ2) is 5.13. The van der Waals surface area contributed by atoms with Crippen LogP contribution in [0.5, 0.6) is 0 Å². The second-order valence-electron chi connectivity index (χ2n) is 4.01. The zero-order chi connectivity index (χ0) is 8.86. The fourth-order valence-electron chi connectivity index (χ4n) is 2.18. The Labute approximate surface area is 80.5 Å². The van der Waals surface area contributed by atoms with Gasteiger partial charge in [-0.2, -0.15) is 11.8 Å². The van der Waals surface area contributed by atoms with Gasteiger partial charge in [-0.3, -0.25) is 0 Å². The molecule has 2 N–H and O–H groups in total. The van der Waals surface area contributed by atoms with Gasteiger partial charge in [-0.15, -0.1) is 0 Å². The van der Waals surface area contributed by atoms with E-state index in [4.69, 9.17) is 5.73 Å². The topological polar surface area (TPSA) is 26.0 Å². The van der Waals surface area contributed by atoms with Crippen LogP contribution in [0.1, 0.15) is 38.5 Å². The molecule has 1 nitrogen and oxygen atoms in total. The van der Waals surface area contributed by atoms with Crippen molar-refractivity contribution in [1.82, 2.24) is 0 Å². The number of hydrogen-bond donors (Lipinski definition) is 1. The van der Waals surface area contributed by atoms with Crippen LogP contribution in [0.15, 0.2) is 0 Å². The zero-order valence-electron chi connectivity index (χ0n) is 8.14. The van der Waals surface area contributed by atoms with Gasteiger partial charge in [0.25, 0.3) is 0 Å². The van der Waals surface area contributed by atoms with Crippen molar-refractivity contribution < 1.29 is 0 Å². The normalized spacial score (nSPS) is 22.5. The van der Waals surface area contributed by atoms with Crippen LogP contribution >= 0.6 is 11.8 Å². The third-order valence-corrected chi connectivity index (χ3v) is 3.80. The summed E-state index contributed by atoms with van der Waals surface area (Å²) in [6, 6.07) is 0. The summed E-state index contributed by atoms with van der Waals surface area (Å²) in [4.78, 5) is 0. The van der Waals surface area contributed by atoms with E-state index in [0.29, 0.717) is 5.41 Å². The molecule has 1 aliphatic carbocycles. The number of nitrogens with two attached hydrogens (primary N) is 1. The van der Waals surface area contributed by atoms with Crippen molar-refractivity contribution in [2.75, 3.05) is 18.6 Å². The minimum Gasteiger partial charge on any atom is -0.330 e. The standard InChI is InChI=1S/C10H21NS/c1-12-8-7-10(9-11)5-3-2-4-6-10/h2-9,11H2,1H3. The van der Waals surface area contributed by atoms with E-state index < -0.39 is 0 Å². The summed E-state index contributed by atoms with van der Waals surface area (Å²) in [6.45, 7) is 0.910. The Hall–Kier alpha value is 0.310. The summed E-state index contributed by atoms with van der Waals surface area (Å²) in [6.07, 6.45) is 10.5. The molecule has 0 atom stereocenters. The molecule has 0 saturated heterocycles. The lowest BCUT2D eigenvalue weighted by Crippen LogP contribution is -2.33. The summed E-state index contributed by atoms with van der Waals surface area (Å²) in [5, 5.41) is 0. The molecule has 0 amide bonds. The van der Waals surface area contributed by atoms with Gasteiger partial charge in [0, 0.05) is 0 Å². The lowest BCUT2D eigenvalue weighted by molar-refractivity contribution is 0.193. The first kappa shape index (κ1) is 10.4. The minimum absolute atomic E-state index is 0.529. The summed E-state index contributed by atoms with van der Waals surface area (Å²) in [7, 11) is 0. The van der Waals surface area contributed by atoms with Gasteiger partial charge >= 0.3 is 0 Å². The van der Waals surface area contributed by atoms with Crippen molar-refractivity contribution >= 4 is 11.8 Å². The maximum atomic E-state index is 5.87. The maximum absolute atomic E-state index is 5.87. The first-order valence-electron chi connectivity index (χ1n) is 5.02. The first-order chi connectivity index (χ1) is 5.83. The van der Waals surface area contributed by atoms with Crippen LogP contribution in [-0.4, -0.2) is 18.6 Å². The molecule has 72 valence electrons. The smallest absolute Gasteiger partial charge is 0.00202 e. The van der Waals surface area contributed by atoms with Crippen LogP contribution in [0.25, 0.3) is 0 Å². The number of thioether (sulfide) groups is 1. The number of hydrogen-bond acceptors (Lipinski definition) is 2. The Morgan fingerprint density at radius 3 is 2.42 bits per heavy atom.